The van der Waals surface area contributed by atoms with Gasteiger partial charge >= 0.3 is 0 Å². The quantitative estimate of drug-likeness (QED) is 0.845. The highest BCUT2D eigenvalue weighted by Crippen LogP contribution is 2.24. The molecule has 2 N–H and O–H groups in total. The second-order valence-electron chi connectivity index (χ2n) is 7.19. The number of amides is 1. The van der Waals surface area contributed by atoms with E-state index in [2.05, 4.69) is 10.0 Å². The summed E-state index contributed by atoms with van der Waals surface area (Å²) in [6.45, 7) is 11.0. The van der Waals surface area contributed by atoms with Gasteiger partial charge < -0.3 is 5.32 Å². The molecule has 0 fully saturated rings. The fourth-order valence-corrected chi connectivity index (χ4v) is 3.72. The average Bonchev–Trinajstić information content (AvgIpc) is 2.35. The number of sulfonamides is 1. The molecule has 0 saturated carbocycles. The molecule has 0 spiro atoms. The van der Waals surface area contributed by atoms with Gasteiger partial charge in [0.05, 0.1) is 5.02 Å². The van der Waals surface area contributed by atoms with E-state index >= 15 is 0 Å². The minimum atomic E-state index is -3.82. The van der Waals surface area contributed by atoms with E-state index in [0.717, 1.165) is 6.42 Å². The Bertz CT molecular complexity index is 692. The summed E-state index contributed by atoms with van der Waals surface area (Å²) >= 11 is 6.02. The van der Waals surface area contributed by atoms with Crippen LogP contribution in [0.2, 0.25) is 5.02 Å². The number of nitrogens with one attached hydrogen (secondary N) is 2. The summed E-state index contributed by atoms with van der Waals surface area (Å²) in [7, 11) is -3.82. The Morgan fingerprint density at radius 1 is 1.17 bits per heavy atom. The molecule has 1 aromatic carbocycles. The van der Waals surface area contributed by atoms with E-state index in [4.69, 9.17) is 11.6 Å². The van der Waals surface area contributed by atoms with Crippen LogP contribution in [0.1, 0.15) is 58.3 Å². The Kier molecular flexibility index (Phi) is 5.88. The zero-order chi connectivity index (χ0) is 18.1. The predicted octanol–water partition coefficient (Wildman–Crippen LogP) is 3.34. The molecule has 0 aliphatic carbocycles. The highest BCUT2D eigenvalue weighted by Gasteiger charge is 2.26. The molecule has 7 heteroatoms. The van der Waals surface area contributed by atoms with Crippen molar-refractivity contribution in [2.75, 3.05) is 0 Å². The van der Waals surface area contributed by atoms with E-state index in [-0.39, 0.29) is 26.9 Å². The van der Waals surface area contributed by atoms with E-state index in [9.17, 15) is 13.2 Å². The van der Waals surface area contributed by atoms with Crippen LogP contribution in [0.3, 0.4) is 0 Å². The summed E-state index contributed by atoms with van der Waals surface area (Å²) in [5, 5.41) is 2.95. The average molecular weight is 361 g/mol. The fourth-order valence-electron chi connectivity index (χ4n) is 1.78. The van der Waals surface area contributed by atoms with Gasteiger partial charge in [-0.25, -0.2) is 13.1 Å². The minimum Gasteiger partial charge on any atom is -0.347 e. The lowest BCUT2D eigenvalue weighted by molar-refractivity contribution is 0.0911. The van der Waals surface area contributed by atoms with Crippen LogP contribution in [-0.4, -0.2) is 25.4 Å². The maximum Gasteiger partial charge on any atom is 0.251 e. The lowest BCUT2D eigenvalue weighted by Gasteiger charge is -2.25. The van der Waals surface area contributed by atoms with Gasteiger partial charge in [-0.05, 0) is 59.2 Å². The van der Waals surface area contributed by atoms with Crippen molar-refractivity contribution in [3.8, 4) is 0 Å². The second kappa shape index (κ2) is 6.79. The molecule has 0 aliphatic rings. The van der Waals surface area contributed by atoms with Crippen LogP contribution in [0.5, 0.6) is 0 Å². The van der Waals surface area contributed by atoms with Crippen LogP contribution in [-0.2, 0) is 10.0 Å². The smallest absolute Gasteiger partial charge is 0.251 e. The first-order chi connectivity index (χ1) is 10.3. The van der Waals surface area contributed by atoms with Crippen LogP contribution in [0.4, 0.5) is 0 Å². The van der Waals surface area contributed by atoms with Crippen molar-refractivity contribution >= 4 is 27.5 Å². The Labute approximate surface area is 143 Å². The topological polar surface area (TPSA) is 75.3 Å². The van der Waals surface area contributed by atoms with Crippen molar-refractivity contribution in [1.29, 1.82) is 0 Å². The third-order valence-electron chi connectivity index (χ3n) is 3.26. The van der Waals surface area contributed by atoms with Gasteiger partial charge in [-0.3, -0.25) is 4.79 Å². The molecule has 1 aromatic rings. The molecule has 0 bridgehead atoms. The molecule has 1 amide bonds. The number of carbonyl (C=O) groups excluding carboxylic acids is 1. The number of halogens is 1. The summed E-state index contributed by atoms with van der Waals surface area (Å²) in [4.78, 5) is 12.2. The van der Waals surface area contributed by atoms with E-state index in [1.807, 2.05) is 20.8 Å². The Morgan fingerprint density at radius 3 is 2.22 bits per heavy atom. The maximum absolute atomic E-state index is 12.5. The molecule has 5 nitrogen and oxygen atoms in total. The lowest BCUT2D eigenvalue weighted by Crippen LogP contribution is -2.43. The van der Waals surface area contributed by atoms with Gasteiger partial charge in [-0.15, -0.1) is 0 Å². The highest BCUT2D eigenvalue weighted by atomic mass is 35.5. The summed E-state index contributed by atoms with van der Waals surface area (Å²) in [5.74, 6) is -0.333. The standard InChI is InChI=1S/C16H25ClN2O3S/c1-7-16(5,6)18-14(20)11-8-9-12(17)13(10-11)23(21,22)19-15(2,3)4/h8-10,19H,7H2,1-6H3,(H,18,20). The van der Waals surface area contributed by atoms with E-state index in [1.54, 1.807) is 20.8 Å². The predicted molar refractivity (Wildman–Crippen MR) is 93.4 cm³/mol. The molecule has 0 radical (unpaired) electrons. The highest BCUT2D eigenvalue weighted by molar-refractivity contribution is 7.89. The largest absolute Gasteiger partial charge is 0.347 e. The molecule has 130 valence electrons. The van der Waals surface area contributed by atoms with Crippen molar-refractivity contribution < 1.29 is 13.2 Å². The maximum atomic E-state index is 12.5. The zero-order valence-electron chi connectivity index (χ0n) is 14.5. The van der Waals surface area contributed by atoms with Crippen molar-refractivity contribution in [1.82, 2.24) is 10.0 Å². The van der Waals surface area contributed by atoms with Gasteiger partial charge in [-0.1, -0.05) is 18.5 Å². The minimum absolute atomic E-state index is 0.0769. The Morgan fingerprint density at radius 2 is 1.74 bits per heavy atom. The molecule has 0 aromatic heterocycles. The third-order valence-corrected chi connectivity index (χ3v) is 5.50. The lowest BCUT2D eigenvalue weighted by atomic mass is 10.0. The van der Waals surface area contributed by atoms with E-state index in [1.165, 1.54) is 18.2 Å². The van der Waals surface area contributed by atoms with Crippen LogP contribution in [0, 0.1) is 0 Å². The van der Waals surface area contributed by atoms with E-state index < -0.39 is 15.6 Å². The van der Waals surface area contributed by atoms with Gasteiger partial charge in [-0.2, -0.15) is 0 Å². The molecule has 0 atom stereocenters. The van der Waals surface area contributed by atoms with Gasteiger partial charge in [0.1, 0.15) is 4.90 Å². The number of rotatable bonds is 5. The first-order valence-electron chi connectivity index (χ1n) is 7.43. The molecule has 23 heavy (non-hydrogen) atoms. The number of benzene rings is 1. The van der Waals surface area contributed by atoms with Gasteiger partial charge in [0.15, 0.2) is 0 Å². The van der Waals surface area contributed by atoms with Gasteiger partial charge in [0, 0.05) is 16.6 Å². The molecular formula is C16H25ClN2O3S. The molecule has 0 saturated heterocycles. The normalized spacial score (nSPS) is 13.0. The van der Waals surface area contributed by atoms with E-state index in [0.29, 0.717) is 0 Å². The zero-order valence-corrected chi connectivity index (χ0v) is 16.0. The van der Waals surface area contributed by atoms with Crippen molar-refractivity contribution in [2.45, 2.75) is 63.9 Å². The monoisotopic (exact) mass is 360 g/mol. The summed E-state index contributed by atoms with van der Waals surface area (Å²) in [6, 6.07) is 4.24. The third kappa shape index (κ3) is 5.79. The van der Waals surface area contributed by atoms with Crippen molar-refractivity contribution in [3.63, 3.8) is 0 Å². The molecule has 0 aliphatic heterocycles. The van der Waals surface area contributed by atoms with Crippen LogP contribution >= 0.6 is 11.6 Å². The molecule has 0 unspecified atom stereocenters. The molecule has 0 heterocycles. The summed E-state index contributed by atoms with van der Waals surface area (Å²) in [6.07, 6.45) is 0.753. The first kappa shape index (κ1) is 19.9. The summed E-state index contributed by atoms with van der Waals surface area (Å²) in [5.41, 5.74) is -0.769. The van der Waals surface area contributed by atoms with Gasteiger partial charge in [0.25, 0.3) is 5.91 Å². The second-order valence-corrected chi connectivity index (χ2v) is 9.25. The van der Waals surface area contributed by atoms with Gasteiger partial charge in [0.2, 0.25) is 10.0 Å². The van der Waals surface area contributed by atoms with Crippen molar-refractivity contribution in [2.24, 2.45) is 0 Å². The summed E-state index contributed by atoms with van der Waals surface area (Å²) < 4.78 is 27.4. The van der Waals surface area contributed by atoms with Crippen LogP contribution < -0.4 is 10.0 Å². The van der Waals surface area contributed by atoms with Crippen LogP contribution in [0.25, 0.3) is 0 Å². The number of hydrogen-bond acceptors (Lipinski definition) is 3. The fraction of sp³-hybridized carbons (Fsp3) is 0.562. The SMILES string of the molecule is CCC(C)(C)NC(=O)c1ccc(Cl)c(S(=O)(=O)NC(C)(C)C)c1. The number of hydrogen-bond donors (Lipinski definition) is 2. The molecular weight excluding hydrogens is 336 g/mol. The van der Waals surface area contributed by atoms with Crippen LogP contribution in [0.15, 0.2) is 23.1 Å². The first-order valence-corrected chi connectivity index (χ1v) is 9.29. The number of carbonyl (C=O) groups is 1. The Hall–Kier alpha value is -1.11. The van der Waals surface area contributed by atoms with Crippen molar-refractivity contribution in [3.05, 3.63) is 28.8 Å². The Balaban J connectivity index is 3.21. The molecule has 1 rings (SSSR count).